The van der Waals surface area contributed by atoms with Crippen LogP contribution in [0.15, 0.2) is 18.2 Å². The Bertz CT molecular complexity index is 332. The third kappa shape index (κ3) is 1.56. The van der Waals surface area contributed by atoms with Gasteiger partial charge in [0.05, 0.1) is 12.2 Å². The van der Waals surface area contributed by atoms with Crippen LogP contribution in [0.25, 0.3) is 0 Å². The topological polar surface area (TPSA) is 9.23 Å². The summed E-state index contributed by atoms with van der Waals surface area (Å²) in [6.45, 7) is 2.86. The van der Waals surface area contributed by atoms with Gasteiger partial charge in [-0.2, -0.15) is 0 Å². The summed E-state index contributed by atoms with van der Waals surface area (Å²) in [5.41, 5.74) is 0.839. The van der Waals surface area contributed by atoms with Crippen molar-refractivity contribution >= 4 is 23.2 Å². The molecule has 1 aromatic rings. The molecule has 1 fully saturated rings. The molecule has 1 aromatic carbocycles. The Hall–Kier alpha value is -0.240. The second-order valence-electron chi connectivity index (χ2n) is 3.45. The van der Waals surface area contributed by atoms with Crippen molar-refractivity contribution in [2.24, 2.45) is 0 Å². The van der Waals surface area contributed by atoms with E-state index in [1.165, 1.54) is 0 Å². The van der Waals surface area contributed by atoms with E-state index in [1.807, 2.05) is 19.1 Å². The van der Waals surface area contributed by atoms with Crippen LogP contribution in [0.4, 0.5) is 0 Å². The predicted octanol–water partition coefficient (Wildman–Crippen LogP) is 3.63. The molecule has 0 amide bonds. The van der Waals surface area contributed by atoms with Crippen molar-refractivity contribution in [3.05, 3.63) is 33.8 Å². The third-order valence-corrected chi connectivity index (χ3v) is 3.05. The Kier molecular flexibility index (Phi) is 2.26. The highest BCUT2D eigenvalue weighted by Crippen LogP contribution is 2.40. The summed E-state index contributed by atoms with van der Waals surface area (Å²) in [5.74, 6) is 0. The molecule has 1 saturated heterocycles. The molecule has 1 aliphatic heterocycles. The van der Waals surface area contributed by atoms with Gasteiger partial charge in [0.2, 0.25) is 0 Å². The van der Waals surface area contributed by atoms with Gasteiger partial charge in [-0.3, -0.25) is 0 Å². The van der Waals surface area contributed by atoms with Gasteiger partial charge >= 0.3 is 0 Å². The minimum absolute atomic E-state index is 0.193. The highest BCUT2D eigenvalue weighted by molar-refractivity contribution is 6.35. The molecule has 0 saturated carbocycles. The van der Waals surface area contributed by atoms with Gasteiger partial charge < -0.3 is 4.74 Å². The molecule has 70 valence electrons. The van der Waals surface area contributed by atoms with Crippen molar-refractivity contribution < 1.29 is 4.74 Å². The molecule has 0 aliphatic carbocycles. The first kappa shape index (κ1) is 9.32. The largest absolute Gasteiger partial charge is 0.370 e. The van der Waals surface area contributed by atoms with Gasteiger partial charge in [0.1, 0.15) is 0 Å². The summed E-state index contributed by atoms with van der Waals surface area (Å²) < 4.78 is 5.50. The monoisotopic (exact) mass is 216 g/mol. The van der Waals surface area contributed by atoms with Crippen molar-refractivity contribution in [2.45, 2.75) is 18.9 Å². The molecule has 2 rings (SSSR count). The molecule has 0 N–H and O–H groups in total. The zero-order valence-electron chi connectivity index (χ0n) is 7.31. The highest BCUT2D eigenvalue weighted by Gasteiger charge is 2.36. The van der Waals surface area contributed by atoms with E-state index in [-0.39, 0.29) is 5.60 Å². The standard InChI is InChI=1S/C10H10Cl2O/c1-10(4-5-13-10)8-3-2-7(11)6-9(8)12/h2-3,6H,4-5H2,1H3. The van der Waals surface area contributed by atoms with E-state index >= 15 is 0 Å². The van der Waals surface area contributed by atoms with Gasteiger partial charge in [0, 0.05) is 22.0 Å². The normalized spacial score (nSPS) is 27.0. The average molecular weight is 217 g/mol. The maximum Gasteiger partial charge on any atom is 0.0939 e. The molecule has 0 aromatic heterocycles. The number of hydrogen-bond acceptors (Lipinski definition) is 1. The molecule has 13 heavy (non-hydrogen) atoms. The third-order valence-electron chi connectivity index (χ3n) is 2.50. The number of hydrogen-bond donors (Lipinski definition) is 0. The van der Waals surface area contributed by atoms with E-state index in [0.717, 1.165) is 18.6 Å². The molecule has 0 spiro atoms. The summed E-state index contributed by atoms with van der Waals surface area (Å²) in [6.07, 6.45) is 1.02. The second kappa shape index (κ2) is 3.16. The predicted molar refractivity (Wildman–Crippen MR) is 54.4 cm³/mol. The Balaban J connectivity index is 2.40. The van der Waals surface area contributed by atoms with E-state index in [4.69, 9.17) is 27.9 Å². The van der Waals surface area contributed by atoms with Crippen molar-refractivity contribution in [3.63, 3.8) is 0 Å². The van der Waals surface area contributed by atoms with Gasteiger partial charge in [-0.05, 0) is 19.1 Å². The van der Waals surface area contributed by atoms with E-state index in [2.05, 4.69) is 0 Å². The SMILES string of the molecule is CC1(c2ccc(Cl)cc2Cl)CCO1. The van der Waals surface area contributed by atoms with Crippen molar-refractivity contribution in [3.8, 4) is 0 Å². The molecular formula is C10H10Cl2O. The van der Waals surface area contributed by atoms with Gasteiger partial charge in [0.25, 0.3) is 0 Å². The molecule has 1 nitrogen and oxygen atoms in total. The molecular weight excluding hydrogens is 207 g/mol. The molecule has 0 radical (unpaired) electrons. The molecule has 1 unspecified atom stereocenters. The zero-order chi connectivity index (χ0) is 9.47. The van der Waals surface area contributed by atoms with Crippen LogP contribution in [0, 0.1) is 0 Å². The van der Waals surface area contributed by atoms with Crippen LogP contribution in [0.5, 0.6) is 0 Å². The zero-order valence-corrected chi connectivity index (χ0v) is 8.82. The van der Waals surface area contributed by atoms with Crippen molar-refractivity contribution in [2.75, 3.05) is 6.61 Å². The maximum atomic E-state index is 6.06. The molecule has 1 atom stereocenters. The van der Waals surface area contributed by atoms with Crippen molar-refractivity contribution in [1.82, 2.24) is 0 Å². The highest BCUT2D eigenvalue weighted by atomic mass is 35.5. The summed E-state index contributed by atoms with van der Waals surface area (Å²) >= 11 is 11.9. The lowest BCUT2D eigenvalue weighted by Crippen LogP contribution is -2.37. The van der Waals surface area contributed by atoms with E-state index in [9.17, 15) is 0 Å². The number of rotatable bonds is 1. The van der Waals surface area contributed by atoms with Gasteiger partial charge in [-0.25, -0.2) is 0 Å². The van der Waals surface area contributed by atoms with Crippen LogP contribution in [0.1, 0.15) is 18.9 Å². The Morgan fingerprint density at radius 1 is 1.38 bits per heavy atom. The average Bonchev–Trinajstić information content (AvgIpc) is 2.00. The Morgan fingerprint density at radius 2 is 2.08 bits per heavy atom. The second-order valence-corrected chi connectivity index (χ2v) is 4.30. The van der Waals surface area contributed by atoms with E-state index in [1.54, 1.807) is 6.07 Å². The molecule has 1 heterocycles. The van der Waals surface area contributed by atoms with Crippen LogP contribution in [0.2, 0.25) is 10.0 Å². The lowest BCUT2D eigenvalue weighted by atomic mass is 9.88. The fourth-order valence-corrected chi connectivity index (χ4v) is 2.15. The minimum Gasteiger partial charge on any atom is -0.370 e. The van der Waals surface area contributed by atoms with E-state index < -0.39 is 0 Å². The maximum absolute atomic E-state index is 6.06. The molecule has 0 bridgehead atoms. The number of benzene rings is 1. The van der Waals surface area contributed by atoms with Crippen LogP contribution in [-0.4, -0.2) is 6.61 Å². The summed E-state index contributed by atoms with van der Waals surface area (Å²) in [5, 5.41) is 1.35. The summed E-state index contributed by atoms with van der Waals surface area (Å²) in [7, 11) is 0. The van der Waals surface area contributed by atoms with Gasteiger partial charge in [0.15, 0.2) is 0 Å². The first-order valence-electron chi connectivity index (χ1n) is 4.21. The van der Waals surface area contributed by atoms with E-state index in [0.29, 0.717) is 10.0 Å². The van der Waals surface area contributed by atoms with Crippen molar-refractivity contribution in [1.29, 1.82) is 0 Å². The fourth-order valence-electron chi connectivity index (χ4n) is 1.54. The Morgan fingerprint density at radius 3 is 2.54 bits per heavy atom. The van der Waals surface area contributed by atoms with Crippen LogP contribution >= 0.6 is 23.2 Å². The summed E-state index contributed by atoms with van der Waals surface area (Å²) in [6, 6.07) is 5.53. The Labute approximate surface area is 87.6 Å². The number of ether oxygens (including phenoxy) is 1. The quantitative estimate of drug-likeness (QED) is 0.697. The smallest absolute Gasteiger partial charge is 0.0939 e. The molecule has 3 heteroatoms. The van der Waals surface area contributed by atoms with Gasteiger partial charge in [-0.1, -0.05) is 29.3 Å². The minimum atomic E-state index is -0.193. The lowest BCUT2D eigenvalue weighted by Gasteiger charge is -2.39. The molecule has 1 aliphatic rings. The summed E-state index contributed by atoms with van der Waals surface area (Å²) in [4.78, 5) is 0. The number of halogens is 2. The van der Waals surface area contributed by atoms with Crippen LogP contribution in [0.3, 0.4) is 0 Å². The van der Waals surface area contributed by atoms with Crippen LogP contribution < -0.4 is 0 Å². The van der Waals surface area contributed by atoms with Crippen LogP contribution in [-0.2, 0) is 10.3 Å². The lowest BCUT2D eigenvalue weighted by molar-refractivity contribution is -0.140. The van der Waals surface area contributed by atoms with Gasteiger partial charge in [-0.15, -0.1) is 0 Å². The fraction of sp³-hybridized carbons (Fsp3) is 0.400. The first-order chi connectivity index (χ1) is 6.12. The first-order valence-corrected chi connectivity index (χ1v) is 4.97.